The highest BCUT2D eigenvalue weighted by Gasteiger charge is 2.05. The number of hydrogen-bond acceptors (Lipinski definition) is 6. The molecule has 0 aliphatic heterocycles. The van der Waals surface area contributed by atoms with Gasteiger partial charge >= 0.3 is 0 Å². The molecule has 8 heteroatoms. The number of rotatable bonds is 9. The topological polar surface area (TPSA) is 82.0 Å². The molecular formula is C21H22ClN3O3S. The molecule has 0 N–H and O–H groups in total. The maximum atomic E-state index is 11.2. The maximum absolute atomic E-state index is 11.2. The quantitative estimate of drug-likeness (QED) is 0.507. The van der Waals surface area contributed by atoms with Gasteiger partial charge in [-0.15, -0.1) is 0 Å². The largest absolute Gasteiger partial charge is 0.439 e. The number of aromatic nitrogens is 3. The molecule has 0 fully saturated rings. The minimum Gasteiger partial charge on any atom is -0.439 e. The third-order valence-electron chi connectivity index (χ3n) is 4.24. The Balaban J connectivity index is 1.54. The van der Waals surface area contributed by atoms with Gasteiger partial charge in [-0.25, -0.2) is 23.4 Å². The third kappa shape index (κ3) is 7.44. The lowest BCUT2D eigenvalue weighted by atomic mass is 10.1. The van der Waals surface area contributed by atoms with E-state index in [1.54, 1.807) is 18.6 Å². The minimum absolute atomic E-state index is 0.197. The zero-order chi connectivity index (χ0) is 20.7. The molecule has 3 rings (SSSR count). The first-order chi connectivity index (χ1) is 13.9. The summed E-state index contributed by atoms with van der Waals surface area (Å²) in [4.78, 5) is 12.7. The van der Waals surface area contributed by atoms with Gasteiger partial charge < -0.3 is 4.74 Å². The summed E-state index contributed by atoms with van der Waals surface area (Å²) in [6.45, 7) is 0. The van der Waals surface area contributed by atoms with Crippen LogP contribution in [0.5, 0.6) is 11.6 Å². The van der Waals surface area contributed by atoms with Crippen molar-refractivity contribution in [1.29, 1.82) is 0 Å². The lowest BCUT2D eigenvalue weighted by molar-refractivity contribution is 0.462. The van der Waals surface area contributed by atoms with Gasteiger partial charge in [-0.2, -0.15) is 0 Å². The molecule has 0 spiro atoms. The van der Waals surface area contributed by atoms with Crippen LogP contribution in [0.2, 0.25) is 5.02 Å². The van der Waals surface area contributed by atoms with Crippen LogP contribution < -0.4 is 4.74 Å². The van der Waals surface area contributed by atoms with E-state index in [1.807, 2.05) is 36.4 Å². The van der Waals surface area contributed by atoms with E-state index in [2.05, 4.69) is 15.0 Å². The van der Waals surface area contributed by atoms with Gasteiger partial charge in [0.1, 0.15) is 21.4 Å². The highest BCUT2D eigenvalue weighted by atomic mass is 35.5. The van der Waals surface area contributed by atoms with E-state index in [1.165, 1.54) is 6.26 Å². The summed E-state index contributed by atoms with van der Waals surface area (Å²) in [5.41, 5.74) is 2.15. The van der Waals surface area contributed by atoms with E-state index in [-0.39, 0.29) is 5.75 Å². The molecule has 0 bridgehead atoms. The maximum Gasteiger partial charge on any atom is 0.219 e. The van der Waals surface area contributed by atoms with E-state index < -0.39 is 9.84 Å². The van der Waals surface area contributed by atoms with Crippen molar-refractivity contribution in [1.82, 2.24) is 15.0 Å². The van der Waals surface area contributed by atoms with Crippen molar-refractivity contribution in [2.45, 2.75) is 25.7 Å². The molecule has 0 atom stereocenters. The number of benzene rings is 1. The number of pyridine rings is 1. The molecule has 152 valence electrons. The van der Waals surface area contributed by atoms with Crippen molar-refractivity contribution < 1.29 is 13.2 Å². The Morgan fingerprint density at radius 2 is 1.66 bits per heavy atom. The summed E-state index contributed by atoms with van der Waals surface area (Å²) < 4.78 is 28.3. The SMILES string of the molecule is CS(=O)(=O)CCCc1ccc(Oc2cc(CCc3ncc(Cl)cn3)ccn2)cc1. The zero-order valence-corrected chi connectivity index (χ0v) is 17.7. The molecular weight excluding hydrogens is 410 g/mol. The van der Waals surface area contributed by atoms with Gasteiger partial charge in [-0.3, -0.25) is 0 Å². The summed E-state index contributed by atoms with van der Waals surface area (Å²) >= 11 is 5.81. The van der Waals surface area contributed by atoms with Gasteiger partial charge in [-0.05, 0) is 48.6 Å². The van der Waals surface area contributed by atoms with Crippen LogP contribution in [-0.2, 0) is 29.1 Å². The molecule has 3 aromatic rings. The fraction of sp³-hybridized carbons (Fsp3) is 0.286. The normalized spacial score (nSPS) is 11.4. The lowest BCUT2D eigenvalue weighted by Crippen LogP contribution is -2.03. The molecule has 29 heavy (non-hydrogen) atoms. The van der Waals surface area contributed by atoms with E-state index >= 15 is 0 Å². The number of nitrogens with zero attached hydrogens (tertiary/aromatic N) is 3. The van der Waals surface area contributed by atoms with Gasteiger partial charge in [0.2, 0.25) is 5.88 Å². The second-order valence-corrected chi connectivity index (χ2v) is 9.50. The van der Waals surface area contributed by atoms with Crippen LogP contribution >= 0.6 is 11.6 Å². The molecule has 6 nitrogen and oxygen atoms in total. The molecule has 0 unspecified atom stereocenters. The van der Waals surface area contributed by atoms with Crippen molar-refractivity contribution in [3.63, 3.8) is 0 Å². The van der Waals surface area contributed by atoms with Crippen molar-refractivity contribution >= 4 is 21.4 Å². The van der Waals surface area contributed by atoms with Crippen LogP contribution in [0.15, 0.2) is 55.0 Å². The lowest BCUT2D eigenvalue weighted by Gasteiger charge is -2.08. The average Bonchev–Trinajstić information content (AvgIpc) is 2.68. The number of halogens is 1. The van der Waals surface area contributed by atoms with Gasteiger partial charge in [0.15, 0.2) is 0 Å². The molecule has 0 amide bonds. The molecule has 1 aromatic carbocycles. The second kappa shape index (κ2) is 9.80. The van der Waals surface area contributed by atoms with Crippen molar-refractivity contribution in [2.24, 2.45) is 0 Å². The molecule has 0 saturated carbocycles. The summed E-state index contributed by atoms with van der Waals surface area (Å²) in [5.74, 6) is 2.13. The predicted octanol–water partition coefficient (Wildman–Crippen LogP) is 4.08. The third-order valence-corrected chi connectivity index (χ3v) is 5.46. The van der Waals surface area contributed by atoms with Gasteiger partial charge in [-0.1, -0.05) is 23.7 Å². The summed E-state index contributed by atoms with van der Waals surface area (Å²) in [6, 6.07) is 11.5. The second-order valence-electron chi connectivity index (χ2n) is 6.80. The van der Waals surface area contributed by atoms with E-state index in [9.17, 15) is 8.42 Å². The van der Waals surface area contributed by atoms with E-state index in [0.29, 0.717) is 35.9 Å². The van der Waals surface area contributed by atoms with Crippen molar-refractivity contribution in [3.05, 3.63) is 77.0 Å². The number of aryl methyl sites for hydroxylation is 3. The Kier molecular flexibility index (Phi) is 7.17. The smallest absolute Gasteiger partial charge is 0.219 e. The highest BCUT2D eigenvalue weighted by molar-refractivity contribution is 7.90. The molecule has 2 aromatic heterocycles. The highest BCUT2D eigenvalue weighted by Crippen LogP contribution is 2.21. The van der Waals surface area contributed by atoms with Crippen LogP contribution in [0.4, 0.5) is 0 Å². The molecule has 0 saturated heterocycles. The first-order valence-electron chi connectivity index (χ1n) is 9.23. The van der Waals surface area contributed by atoms with Crippen LogP contribution in [0.1, 0.15) is 23.4 Å². The van der Waals surface area contributed by atoms with Crippen LogP contribution in [-0.4, -0.2) is 35.4 Å². The van der Waals surface area contributed by atoms with E-state index in [4.69, 9.17) is 16.3 Å². The van der Waals surface area contributed by atoms with Gasteiger partial charge in [0, 0.05) is 37.3 Å². The summed E-state index contributed by atoms with van der Waals surface area (Å²) in [6.07, 6.45) is 8.95. The van der Waals surface area contributed by atoms with Crippen LogP contribution in [0.3, 0.4) is 0 Å². The van der Waals surface area contributed by atoms with Crippen molar-refractivity contribution in [3.8, 4) is 11.6 Å². The monoisotopic (exact) mass is 431 g/mol. The summed E-state index contributed by atoms with van der Waals surface area (Å²) in [5, 5.41) is 0.523. The Morgan fingerprint density at radius 1 is 0.931 bits per heavy atom. The minimum atomic E-state index is -2.92. The molecule has 0 aliphatic carbocycles. The standard InChI is InChI=1S/C21H22ClN3O3S/c1-29(26,27)12-2-3-16-4-7-19(8-5-16)28-21-13-17(10-11-23-21)6-9-20-24-14-18(22)15-25-20/h4-5,7-8,10-11,13-15H,2-3,6,9,12H2,1H3. The summed E-state index contributed by atoms with van der Waals surface area (Å²) in [7, 11) is -2.92. The Morgan fingerprint density at radius 3 is 2.34 bits per heavy atom. The number of sulfone groups is 1. The Bertz CT molecular complexity index is 1040. The Labute approximate surface area is 175 Å². The van der Waals surface area contributed by atoms with Crippen LogP contribution in [0.25, 0.3) is 0 Å². The van der Waals surface area contributed by atoms with Crippen molar-refractivity contribution in [2.75, 3.05) is 12.0 Å². The molecule has 2 heterocycles. The Hall–Kier alpha value is -2.51. The van der Waals surface area contributed by atoms with Gasteiger partial charge in [0.25, 0.3) is 0 Å². The zero-order valence-electron chi connectivity index (χ0n) is 16.1. The first-order valence-corrected chi connectivity index (χ1v) is 11.7. The number of ether oxygens (including phenoxy) is 1. The average molecular weight is 432 g/mol. The van der Waals surface area contributed by atoms with Crippen LogP contribution in [0, 0.1) is 0 Å². The molecule has 0 radical (unpaired) electrons. The first kappa shape index (κ1) is 21.2. The molecule has 0 aliphatic rings. The van der Waals surface area contributed by atoms with Gasteiger partial charge in [0.05, 0.1) is 10.8 Å². The fourth-order valence-electron chi connectivity index (χ4n) is 2.77. The fourth-order valence-corrected chi connectivity index (χ4v) is 3.54. The number of hydrogen-bond donors (Lipinski definition) is 0. The van der Waals surface area contributed by atoms with E-state index in [0.717, 1.165) is 23.4 Å². The predicted molar refractivity (Wildman–Crippen MR) is 113 cm³/mol.